The molecule has 0 aromatic heterocycles. The second-order valence-electron chi connectivity index (χ2n) is 4.61. The first kappa shape index (κ1) is 15.3. The maximum atomic E-state index is 11.5. The molecule has 5 heteroatoms. The summed E-state index contributed by atoms with van der Waals surface area (Å²) in [6.45, 7) is 4.26. The molecule has 0 spiro atoms. The van der Waals surface area contributed by atoms with Gasteiger partial charge in [0.15, 0.2) is 0 Å². The highest BCUT2D eigenvalue weighted by atomic mass is 32.2. The average molecular weight is 247 g/mol. The SMILES string of the molecule is CSCCCNC(=O)CC(C)(C)CC(=O)O. The van der Waals surface area contributed by atoms with Crippen molar-refractivity contribution in [3.63, 3.8) is 0 Å². The second-order valence-corrected chi connectivity index (χ2v) is 5.59. The minimum Gasteiger partial charge on any atom is -0.481 e. The van der Waals surface area contributed by atoms with Crippen molar-refractivity contribution in [1.82, 2.24) is 5.32 Å². The van der Waals surface area contributed by atoms with Gasteiger partial charge in [0, 0.05) is 13.0 Å². The van der Waals surface area contributed by atoms with Gasteiger partial charge in [-0.3, -0.25) is 9.59 Å². The topological polar surface area (TPSA) is 66.4 Å². The van der Waals surface area contributed by atoms with E-state index in [1.807, 2.05) is 6.26 Å². The number of carbonyl (C=O) groups is 2. The summed E-state index contributed by atoms with van der Waals surface area (Å²) in [5.41, 5.74) is -0.477. The number of carboxylic acid groups (broad SMARTS) is 1. The molecule has 0 aliphatic carbocycles. The number of nitrogens with one attached hydrogen (secondary N) is 1. The Bertz CT molecular complexity index is 241. The molecule has 0 heterocycles. The normalized spacial score (nSPS) is 11.2. The average Bonchev–Trinajstić information content (AvgIpc) is 2.09. The smallest absolute Gasteiger partial charge is 0.303 e. The summed E-state index contributed by atoms with van der Waals surface area (Å²) in [5.74, 6) is 0.103. The van der Waals surface area contributed by atoms with E-state index in [-0.39, 0.29) is 18.7 Å². The quantitative estimate of drug-likeness (QED) is 0.641. The van der Waals surface area contributed by atoms with E-state index in [0.717, 1.165) is 12.2 Å². The zero-order valence-electron chi connectivity index (χ0n) is 10.2. The van der Waals surface area contributed by atoms with Gasteiger partial charge in [-0.15, -0.1) is 0 Å². The molecule has 0 aromatic rings. The Morgan fingerprint density at radius 2 is 1.94 bits per heavy atom. The standard InChI is InChI=1S/C11H21NO3S/c1-11(2,8-10(14)15)7-9(13)12-5-4-6-16-3/h4-8H2,1-3H3,(H,12,13)(H,14,15). The van der Waals surface area contributed by atoms with Crippen molar-refractivity contribution >= 4 is 23.6 Å². The Morgan fingerprint density at radius 1 is 1.31 bits per heavy atom. The Morgan fingerprint density at radius 3 is 2.44 bits per heavy atom. The Hall–Kier alpha value is -0.710. The van der Waals surface area contributed by atoms with Crippen molar-refractivity contribution in [2.24, 2.45) is 5.41 Å². The van der Waals surface area contributed by atoms with Crippen molar-refractivity contribution in [3.05, 3.63) is 0 Å². The van der Waals surface area contributed by atoms with Gasteiger partial charge in [-0.2, -0.15) is 11.8 Å². The van der Waals surface area contributed by atoms with Crippen molar-refractivity contribution in [2.75, 3.05) is 18.6 Å². The highest BCUT2D eigenvalue weighted by molar-refractivity contribution is 7.98. The zero-order chi connectivity index (χ0) is 12.6. The summed E-state index contributed by atoms with van der Waals surface area (Å²) in [6.07, 6.45) is 3.26. The van der Waals surface area contributed by atoms with E-state index >= 15 is 0 Å². The van der Waals surface area contributed by atoms with Crippen LogP contribution in [0.3, 0.4) is 0 Å². The van der Waals surface area contributed by atoms with E-state index in [0.29, 0.717) is 6.54 Å². The van der Waals surface area contributed by atoms with Crippen molar-refractivity contribution in [3.8, 4) is 0 Å². The molecular weight excluding hydrogens is 226 g/mol. The van der Waals surface area contributed by atoms with Gasteiger partial charge in [0.25, 0.3) is 0 Å². The fourth-order valence-corrected chi connectivity index (χ4v) is 1.85. The van der Waals surface area contributed by atoms with E-state index < -0.39 is 11.4 Å². The van der Waals surface area contributed by atoms with Crippen LogP contribution in [-0.2, 0) is 9.59 Å². The number of thioether (sulfide) groups is 1. The second kappa shape index (κ2) is 7.54. The first-order valence-electron chi connectivity index (χ1n) is 5.35. The molecule has 0 bridgehead atoms. The van der Waals surface area contributed by atoms with Crippen molar-refractivity contribution in [2.45, 2.75) is 33.1 Å². The molecule has 0 rings (SSSR count). The molecule has 4 nitrogen and oxygen atoms in total. The van der Waals surface area contributed by atoms with Gasteiger partial charge in [0.05, 0.1) is 6.42 Å². The third kappa shape index (κ3) is 8.59. The summed E-state index contributed by atoms with van der Waals surface area (Å²) in [4.78, 5) is 22.1. The molecule has 2 N–H and O–H groups in total. The predicted octanol–water partition coefficient (Wildman–Crippen LogP) is 1.75. The fraction of sp³-hybridized carbons (Fsp3) is 0.818. The summed E-state index contributed by atoms with van der Waals surface area (Å²) < 4.78 is 0. The lowest BCUT2D eigenvalue weighted by Gasteiger charge is -2.21. The summed E-state index contributed by atoms with van der Waals surface area (Å²) in [6, 6.07) is 0. The maximum absolute atomic E-state index is 11.5. The van der Waals surface area contributed by atoms with Crippen LogP contribution < -0.4 is 5.32 Å². The van der Waals surface area contributed by atoms with Gasteiger partial charge < -0.3 is 10.4 Å². The molecule has 0 aromatic carbocycles. The lowest BCUT2D eigenvalue weighted by Crippen LogP contribution is -2.30. The van der Waals surface area contributed by atoms with E-state index in [2.05, 4.69) is 5.32 Å². The first-order chi connectivity index (χ1) is 7.37. The summed E-state index contributed by atoms with van der Waals surface area (Å²) in [7, 11) is 0. The number of hydrogen-bond acceptors (Lipinski definition) is 3. The molecule has 16 heavy (non-hydrogen) atoms. The summed E-state index contributed by atoms with van der Waals surface area (Å²) >= 11 is 1.75. The van der Waals surface area contributed by atoms with Crippen molar-refractivity contribution < 1.29 is 14.7 Å². The van der Waals surface area contributed by atoms with Crippen LogP contribution in [0.1, 0.15) is 33.1 Å². The molecule has 1 amide bonds. The first-order valence-corrected chi connectivity index (χ1v) is 6.74. The van der Waals surface area contributed by atoms with Crippen LogP contribution in [0.2, 0.25) is 0 Å². The molecule has 0 saturated carbocycles. The van der Waals surface area contributed by atoms with E-state index in [9.17, 15) is 9.59 Å². The molecule has 0 radical (unpaired) electrons. The lowest BCUT2D eigenvalue weighted by atomic mass is 9.85. The number of amides is 1. The third-order valence-electron chi connectivity index (χ3n) is 2.12. The van der Waals surface area contributed by atoms with E-state index in [4.69, 9.17) is 5.11 Å². The van der Waals surface area contributed by atoms with Crippen LogP contribution in [0.25, 0.3) is 0 Å². The Kier molecular flexibility index (Phi) is 7.21. The van der Waals surface area contributed by atoms with Gasteiger partial charge in [-0.1, -0.05) is 13.8 Å². The largest absolute Gasteiger partial charge is 0.481 e. The minimum atomic E-state index is -0.861. The Balaban J connectivity index is 3.80. The van der Waals surface area contributed by atoms with Gasteiger partial charge >= 0.3 is 5.97 Å². The molecule has 0 unspecified atom stereocenters. The highest BCUT2D eigenvalue weighted by Gasteiger charge is 2.24. The van der Waals surface area contributed by atoms with Gasteiger partial charge in [-0.05, 0) is 23.8 Å². The molecular formula is C11H21NO3S. The zero-order valence-corrected chi connectivity index (χ0v) is 11.0. The number of aliphatic carboxylic acids is 1. The number of carboxylic acids is 1. The molecule has 94 valence electrons. The summed E-state index contributed by atoms with van der Waals surface area (Å²) in [5, 5.41) is 11.5. The number of hydrogen-bond donors (Lipinski definition) is 2. The van der Waals surface area contributed by atoms with Crippen LogP contribution in [0.15, 0.2) is 0 Å². The predicted molar refractivity (Wildman–Crippen MR) is 66.7 cm³/mol. The fourth-order valence-electron chi connectivity index (χ4n) is 1.41. The van der Waals surface area contributed by atoms with E-state index in [1.54, 1.807) is 25.6 Å². The Labute approximate surface area is 101 Å². The molecule has 0 saturated heterocycles. The maximum Gasteiger partial charge on any atom is 0.303 e. The van der Waals surface area contributed by atoms with E-state index in [1.165, 1.54) is 0 Å². The van der Waals surface area contributed by atoms with Crippen LogP contribution >= 0.6 is 11.8 Å². The van der Waals surface area contributed by atoms with Gasteiger partial charge in [0.1, 0.15) is 0 Å². The van der Waals surface area contributed by atoms with Gasteiger partial charge in [0.2, 0.25) is 5.91 Å². The van der Waals surface area contributed by atoms with Crippen LogP contribution in [0.4, 0.5) is 0 Å². The van der Waals surface area contributed by atoms with Crippen LogP contribution in [-0.4, -0.2) is 35.5 Å². The van der Waals surface area contributed by atoms with Gasteiger partial charge in [-0.25, -0.2) is 0 Å². The number of carbonyl (C=O) groups excluding carboxylic acids is 1. The molecule has 0 aliphatic heterocycles. The highest BCUT2D eigenvalue weighted by Crippen LogP contribution is 2.24. The lowest BCUT2D eigenvalue weighted by molar-refractivity contribution is -0.139. The minimum absolute atomic E-state index is 0.0191. The molecule has 0 aliphatic rings. The molecule has 0 atom stereocenters. The third-order valence-corrected chi connectivity index (χ3v) is 2.81. The van der Waals surface area contributed by atoms with Crippen LogP contribution in [0.5, 0.6) is 0 Å². The monoisotopic (exact) mass is 247 g/mol. The molecule has 0 fully saturated rings. The van der Waals surface area contributed by atoms with Crippen molar-refractivity contribution in [1.29, 1.82) is 0 Å². The van der Waals surface area contributed by atoms with Crippen LogP contribution in [0, 0.1) is 5.41 Å². The number of rotatable bonds is 8.